The average Bonchev–Trinajstić information content (AvgIpc) is 3.28. The van der Waals surface area contributed by atoms with Gasteiger partial charge in [0, 0.05) is 24.6 Å². The van der Waals surface area contributed by atoms with Gasteiger partial charge < -0.3 is 10.0 Å². The van der Waals surface area contributed by atoms with Crippen molar-refractivity contribution in [3.8, 4) is 5.82 Å². The molecule has 24 heavy (non-hydrogen) atoms. The van der Waals surface area contributed by atoms with Crippen LogP contribution in [0.4, 0.5) is 0 Å². The van der Waals surface area contributed by atoms with Crippen LogP contribution in [0.3, 0.4) is 0 Å². The molecule has 1 aliphatic carbocycles. The van der Waals surface area contributed by atoms with Crippen molar-refractivity contribution in [3.05, 3.63) is 42.6 Å². The number of pyridine rings is 1. The van der Waals surface area contributed by atoms with E-state index in [4.69, 9.17) is 0 Å². The molecule has 6 heteroatoms. The zero-order valence-electron chi connectivity index (χ0n) is 13.6. The van der Waals surface area contributed by atoms with Gasteiger partial charge in [-0.1, -0.05) is 12.8 Å². The highest BCUT2D eigenvalue weighted by atomic mass is 16.3. The molecule has 6 nitrogen and oxygen atoms in total. The summed E-state index contributed by atoms with van der Waals surface area (Å²) in [7, 11) is 0. The topological polar surface area (TPSA) is 71.2 Å². The second kappa shape index (κ2) is 6.36. The van der Waals surface area contributed by atoms with Crippen molar-refractivity contribution in [1.82, 2.24) is 19.4 Å². The second-order valence-corrected chi connectivity index (χ2v) is 6.77. The van der Waals surface area contributed by atoms with Crippen LogP contribution in [-0.4, -0.2) is 49.1 Å². The molecule has 1 aliphatic heterocycles. The van der Waals surface area contributed by atoms with Gasteiger partial charge in [-0.05, 0) is 37.3 Å². The molecule has 1 saturated heterocycles. The van der Waals surface area contributed by atoms with E-state index in [-0.39, 0.29) is 24.6 Å². The fraction of sp³-hybridized carbons (Fsp3) is 0.500. The fourth-order valence-corrected chi connectivity index (χ4v) is 4.25. The van der Waals surface area contributed by atoms with Gasteiger partial charge in [0.05, 0.1) is 18.2 Å². The van der Waals surface area contributed by atoms with Crippen LogP contribution in [-0.2, 0) is 0 Å². The van der Waals surface area contributed by atoms with Gasteiger partial charge in [0.15, 0.2) is 0 Å². The van der Waals surface area contributed by atoms with E-state index >= 15 is 0 Å². The molecule has 1 N–H and O–H groups in total. The minimum Gasteiger partial charge on any atom is -0.394 e. The minimum atomic E-state index is -0.0566. The molecule has 2 aromatic rings. The van der Waals surface area contributed by atoms with Gasteiger partial charge in [0.2, 0.25) is 0 Å². The van der Waals surface area contributed by atoms with Crippen LogP contribution in [0.1, 0.15) is 42.5 Å². The van der Waals surface area contributed by atoms with Gasteiger partial charge in [-0.15, -0.1) is 0 Å². The number of aliphatic hydroxyl groups is 1. The van der Waals surface area contributed by atoms with Crippen molar-refractivity contribution in [1.29, 1.82) is 0 Å². The average molecular weight is 326 g/mol. The second-order valence-electron chi connectivity index (χ2n) is 6.77. The summed E-state index contributed by atoms with van der Waals surface area (Å²) in [6.45, 7) is 0.0410. The van der Waals surface area contributed by atoms with Crippen molar-refractivity contribution in [3.63, 3.8) is 0 Å². The Bertz CT molecular complexity index is 698. The van der Waals surface area contributed by atoms with Crippen molar-refractivity contribution in [2.45, 2.75) is 44.2 Å². The van der Waals surface area contributed by atoms with Crippen LogP contribution in [0.5, 0.6) is 0 Å². The molecule has 2 aliphatic rings. The van der Waals surface area contributed by atoms with Gasteiger partial charge in [0.25, 0.3) is 5.91 Å². The zero-order valence-corrected chi connectivity index (χ0v) is 13.6. The predicted octanol–water partition coefficient (Wildman–Crippen LogP) is 2.03. The normalized spacial score (nSPS) is 26.4. The maximum Gasteiger partial charge on any atom is 0.256 e. The molecule has 0 bridgehead atoms. The monoisotopic (exact) mass is 326 g/mol. The number of likely N-dealkylation sites (tertiary alicyclic amines) is 1. The van der Waals surface area contributed by atoms with Crippen molar-refractivity contribution in [2.75, 3.05) is 6.61 Å². The highest BCUT2D eigenvalue weighted by molar-refractivity contribution is 5.94. The van der Waals surface area contributed by atoms with Crippen LogP contribution >= 0.6 is 0 Å². The van der Waals surface area contributed by atoms with Gasteiger partial charge in [-0.3, -0.25) is 9.36 Å². The van der Waals surface area contributed by atoms with Gasteiger partial charge in [-0.2, -0.15) is 0 Å². The molecule has 2 fully saturated rings. The van der Waals surface area contributed by atoms with Crippen molar-refractivity contribution < 1.29 is 9.90 Å². The Morgan fingerprint density at radius 3 is 2.88 bits per heavy atom. The summed E-state index contributed by atoms with van der Waals surface area (Å²) in [5.41, 5.74) is 0.587. The lowest BCUT2D eigenvalue weighted by molar-refractivity contribution is 0.0553. The van der Waals surface area contributed by atoms with E-state index in [9.17, 15) is 9.90 Å². The summed E-state index contributed by atoms with van der Waals surface area (Å²) in [4.78, 5) is 23.3. The first-order chi connectivity index (χ1) is 11.8. The van der Waals surface area contributed by atoms with Crippen LogP contribution in [0, 0.1) is 5.92 Å². The number of carbonyl (C=O) groups is 1. The summed E-state index contributed by atoms with van der Waals surface area (Å²) in [6.07, 6.45) is 12.4. The van der Waals surface area contributed by atoms with Gasteiger partial charge in [-0.25, -0.2) is 9.97 Å². The fourth-order valence-electron chi connectivity index (χ4n) is 4.25. The smallest absolute Gasteiger partial charge is 0.256 e. The molecule has 4 rings (SSSR count). The van der Waals surface area contributed by atoms with E-state index in [1.54, 1.807) is 23.3 Å². The molecule has 2 aromatic heterocycles. The number of amides is 1. The lowest BCUT2D eigenvalue weighted by Crippen LogP contribution is -2.44. The first-order valence-corrected chi connectivity index (χ1v) is 8.66. The summed E-state index contributed by atoms with van der Waals surface area (Å²) in [5, 5.41) is 9.73. The zero-order chi connectivity index (χ0) is 16.5. The number of nitrogens with zero attached hydrogens (tertiary/aromatic N) is 4. The Labute approximate surface area is 141 Å². The number of aliphatic hydroxyl groups excluding tert-OH is 1. The molecular formula is C18H22N4O2. The number of rotatable bonds is 3. The van der Waals surface area contributed by atoms with E-state index in [2.05, 4.69) is 9.97 Å². The Hall–Kier alpha value is -2.21. The number of hydrogen-bond donors (Lipinski definition) is 1. The standard InChI is InChI=1S/C18H22N4O2/c23-11-15-9-13-3-1-2-4-16(13)22(15)18(24)14-5-6-17(20-10-14)21-8-7-19-12-21/h5-8,10,12-13,15-16,23H,1-4,9,11H2/t13-,15-,16-/m0/s1. The van der Waals surface area contributed by atoms with Crippen LogP contribution in [0.15, 0.2) is 37.1 Å². The summed E-state index contributed by atoms with van der Waals surface area (Å²) in [6, 6.07) is 3.86. The number of fused-ring (bicyclic) bond motifs is 1. The minimum absolute atomic E-state index is 0.00636. The molecular weight excluding hydrogens is 304 g/mol. The lowest BCUT2D eigenvalue weighted by atomic mass is 9.84. The van der Waals surface area contributed by atoms with Gasteiger partial charge >= 0.3 is 0 Å². The highest BCUT2D eigenvalue weighted by Crippen LogP contribution is 2.40. The molecule has 0 unspecified atom stereocenters. The molecule has 0 radical (unpaired) electrons. The van der Waals surface area contributed by atoms with E-state index in [0.29, 0.717) is 11.5 Å². The van der Waals surface area contributed by atoms with Crippen LogP contribution < -0.4 is 0 Å². The molecule has 3 heterocycles. The highest BCUT2D eigenvalue weighted by Gasteiger charge is 2.44. The Morgan fingerprint density at radius 1 is 1.29 bits per heavy atom. The number of imidazole rings is 1. The number of carbonyl (C=O) groups excluding carboxylic acids is 1. The lowest BCUT2D eigenvalue weighted by Gasteiger charge is -2.33. The van der Waals surface area contributed by atoms with E-state index < -0.39 is 0 Å². The Morgan fingerprint density at radius 2 is 2.17 bits per heavy atom. The number of hydrogen-bond acceptors (Lipinski definition) is 4. The molecule has 126 valence electrons. The number of aromatic nitrogens is 3. The predicted molar refractivity (Wildman–Crippen MR) is 88.8 cm³/mol. The Kier molecular flexibility index (Phi) is 4.06. The van der Waals surface area contributed by atoms with E-state index in [1.807, 2.05) is 23.2 Å². The third-order valence-electron chi connectivity index (χ3n) is 5.40. The maximum absolute atomic E-state index is 13.0. The largest absolute Gasteiger partial charge is 0.394 e. The molecule has 0 spiro atoms. The Balaban J connectivity index is 1.58. The van der Waals surface area contributed by atoms with Crippen molar-refractivity contribution in [2.24, 2.45) is 5.92 Å². The quantitative estimate of drug-likeness (QED) is 0.937. The molecule has 3 atom stereocenters. The first-order valence-electron chi connectivity index (χ1n) is 8.66. The molecule has 1 amide bonds. The van der Waals surface area contributed by atoms with E-state index in [0.717, 1.165) is 18.7 Å². The molecule has 0 aromatic carbocycles. The van der Waals surface area contributed by atoms with Crippen LogP contribution in [0.2, 0.25) is 0 Å². The van der Waals surface area contributed by atoms with E-state index in [1.165, 1.54) is 19.3 Å². The first kappa shape index (κ1) is 15.3. The summed E-state index contributed by atoms with van der Waals surface area (Å²) >= 11 is 0. The molecule has 1 saturated carbocycles. The van der Waals surface area contributed by atoms with Crippen LogP contribution in [0.25, 0.3) is 5.82 Å². The van der Waals surface area contributed by atoms with Gasteiger partial charge in [0.1, 0.15) is 12.1 Å². The maximum atomic E-state index is 13.0. The third kappa shape index (κ3) is 2.60. The summed E-state index contributed by atoms with van der Waals surface area (Å²) < 4.78 is 1.80. The summed E-state index contributed by atoms with van der Waals surface area (Å²) in [5.74, 6) is 1.27. The third-order valence-corrected chi connectivity index (χ3v) is 5.40. The SMILES string of the molecule is O=C(c1ccc(-n2ccnc2)nc1)N1[C@H](CO)C[C@@H]2CCCC[C@@H]21. The van der Waals surface area contributed by atoms with Crippen molar-refractivity contribution >= 4 is 5.91 Å².